The molecule has 12 heavy (non-hydrogen) atoms. The number of nitrogens with one attached hydrogen (secondary N) is 1. The van der Waals surface area contributed by atoms with Crippen LogP contribution in [0, 0.1) is 0 Å². The van der Waals surface area contributed by atoms with E-state index in [1.165, 1.54) is 0 Å². The van der Waals surface area contributed by atoms with Crippen LogP contribution in [0.25, 0.3) is 0 Å². The van der Waals surface area contributed by atoms with Crippen LogP contribution in [0.5, 0.6) is 0 Å². The van der Waals surface area contributed by atoms with Crippen LogP contribution >= 0.6 is 15.9 Å². The molecule has 0 aromatic carbocycles. The number of carbonyl (C=O) groups excluding carboxylic acids is 1. The van der Waals surface area contributed by atoms with Crippen LogP contribution in [0.1, 0.15) is 10.5 Å². The Hall–Kier alpha value is -0.840. The number of carbonyl (C=O) groups is 1. The fourth-order valence-electron chi connectivity index (χ4n) is 0.809. The monoisotopic (exact) mass is 231 g/mol. The Morgan fingerprint density at radius 2 is 2.58 bits per heavy atom. The highest BCUT2D eigenvalue weighted by molar-refractivity contribution is 9.09. The second-order valence-electron chi connectivity index (χ2n) is 2.39. The number of aromatic nitrogens is 2. The fourth-order valence-corrected chi connectivity index (χ4v) is 1.34. The van der Waals surface area contributed by atoms with Gasteiger partial charge in [0.1, 0.15) is 5.69 Å². The molecule has 0 aliphatic carbocycles. The van der Waals surface area contributed by atoms with E-state index in [2.05, 4.69) is 26.1 Å². The minimum atomic E-state index is -0.0352. The van der Waals surface area contributed by atoms with E-state index in [-0.39, 0.29) is 5.91 Å². The lowest BCUT2D eigenvalue weighted by Gasteiger charge is -2.13. The second-order valence-corrected chi connectivity index (χ2v) is 3.18. The van der Waals surface area contributed by atoms with E-state index in [0.29, 0.717) is 12.2 Å². The maximum absolute atomic E-state index is 11.4. The van der Waals surface area contributed by atoms with Gasteiger partial charge in [0, 0.05) is 25.1 Å². The van der Waals surface area contributed by atoms with Crippen LogP contribution in [-0.4, -0.2) is 39.9 Å². The van der Waals surface area contributed by atoms with Gasteiger partial charge in [0.05, 0.1) is 0 Å². The molecule has 0 atom stereocenters. The number of amides is 1. The first-order chi connectivity index (χ1) is 5.75. The summed E-state index contributed by atoms with van der Waals surface area (Å²) in [5.41, 5.74) is 0.526. The van der Waals surface area contributed by atoms with Gasteiger partial charge in [0.25, 0.3) is 5.91 Å². The van der Waals surface area contributed by atoms with Crippen LogP contribution in [-0.2, 0) is 0 Å². The third-order valence-electron chi connectivity index (χ3n) is 1.50. The molecule has 0 saturated heterocycles. The molecule has 1 N–H and O–H groups in total. The summed E-state index contributed by atoms with van der Waals surface area (Å²) in [4.78, 5) is 13.1. The van der Waals surface area contributed by atoms with E-state index < -0.39 is 0 Å². The van der Waals surface area contributed by atoms with Gasteiger partial charge in [-0.15, -0.1) is 0 Å². The number of alkyl halides is 1. The summed E-state index contributed by atoms with van der Waals surface area (Å²) in [6, 6.07) is 1.66. The number of hydrogen-bond acceptors (Lipinski definition) is 2. The van der Waals surface area contributed by atoms with Gasteiger partial charge in [-0.05, 0) is 6.07 Å². The molecule has 0 aliphatic heterocycles. The standard InChI is InChI=1S/C7H10BrN3O/c1-11(5-3-8)7(12)6-2-4-9-10-6/h2,4H,3,5H2,1H3,(H,9,10). The summed E-state index contributed by atoms with van der Waals surface area (Å²) in [5, 5.41) is 7.10. The van der Waals surface area contributed by atoms with Crippen molar-refractivity contribution in [3.63, 3.8) is 0 Å². The Bertz CT molecular complexity index is 247. The molecule has 4 nitrogen and oxygen atoms in total. The normalized spacial score (nSPS) is 9.83. The average molecular weight is 232 g/mol. The van der Waals surface area contributed by atoms with Crippen molar-refractivity contribution in [3.8, 4) is 0 Å². The summed E-state index contributed by atoms with van der Waals surface area (Å²) < 4.78 is 0. The molecule has 0 saturated carbocycles. The molecule has 66 valence electrons. The summed E-state index contributed by atoms with van der Waals surface area (Å²) in [5.74, 6) is -0.0352. The lowest BCUT2D eigenvalue weighted by atomic mass is 10.4. The largest absolute Gasteiger partial charge is 0.340 e. The number of H-pyrrole nitrogens is 1. The topological polar surface area (TPSA) is 49.0 Å². The number of nitrogens with zero attached hydrogens (tertiary/aromatic N) is 2. The smallest absolute Gasteiger partial charge is 0.271 e. The third kappa shape index (κ3) is 2.07. The highest BCUT2D eigenvalue weighted by Crippen LogP contribution is 1.98. The molecule has 1 aromatic heterocycles. The summed E-state index contributed by atoms with van der Waals surface area (Å²) in [7, 11) is 1.75. The van der Waals surface area contributed by atoms with E-state index in [1.807, 2.05) is 0 Å². The zero-order valence-electron chi connectivity index (χ0n) is 6.75. The van der Waals surface area contributed by atoms with Gasteiger partial charge in [-0.2, -0.15) is 5.10 Å². The maximum atomic E-state index is 11.4. The van der Waals surface area contributed by atoms with E-state index in [1.54, 1.807) is 24.2 Å². The fraction of sp³-hybridized carbons (Fsp3) is 0.429. The highest BCUT2D eigenvalue weighted by atomic mass is 79.9. The van der Waals surface area contributed by atoms with E-state index in [9.17, 15) is 4.79 Å². The second kappa shape index (κ2) is 4.25. The molecular weight excluding hydrogens is 222 g/mol. The van der Waals surface area contributed by atoms with Crippen LogP contribution in [0.3, 0.4) is 0 Å². The Balaban J connectivity index is 2.59. The van der Waals surface area contributed by atoms with Gasteiger partial charge in [-0.1, -0.05) is 15.9 Å². The minimum absolute atomic E-state index is 0.0352. The van der Waals surface area contributed by atoms with Gasteiger partial charge >= 0.3 is 0 Å². The van der Waals surface area contributed by atoms with Crippen molar-refractivity contribution in [2.24, 2.45) is 0 Å². The SMILES string of the molecule is CN(CCBr)C(=O)c1ccn[nH]1. The molecular formula is C7H10BrN3O. The Labute approximate surface area is 79.1 Å². The Morgan fingerprint density at radius 1 is 1.83 bits per heavy atom. The predicted octanol–water partition coefficient (Wildman–Crippen LogP) is 0.877. The molecule has 1 aromatic rings. The summed E-state index contributed by atoms with van der Waals surface area (Å²) in [6.45, 7) is 0.692. The third-order valence-corrected chi connectivity index (χ3v) is 1.85. The first-order valence-electron chi connectivity index (χ1n) is 3.56. The van der Waals surface area contributed by atoms with Crippen molar-refractivity contribution in [2.45, 2.75) is 0 Å². The van der Waals surface area contributed by atoms with Crippen molar-refractivity contribution in [1.82, 2.24) is 15.1 Å². The van der Waals surface area contributed by atoms with Crippen LogP contribution in [0.15, 0.2) is 12.3 Å². The first-order valence-corrected chi connectivity index (χ1v) is 4.68. The molecule has 5 heteroatoms. The average Bonchev–Trinajstić information content (AvgIpc) is 2.55. The van der Waals surface area contributed by atoms with Gasteiger partial charge in [0.2, 0.25) is 0 Å². The van der Waals surface area contributed by atoms with E-state index >= 15 is 0 Å². The molecule has 0 fully saturated rings. The summed E-state index contributed by atoms with van der Waals surface area (Å²) in [6.07, 6.45) is 1.56. The van der Waals surface area contributed by atoms with Gasteiger partial charge in [-0.3, -0.25) is 9.89 Å². The van der Waals surface area contributed by atoms with Gasteiger partial charge in [0.15, 0.2) is 0 Å². The predicted molar refractivity (Wildman–Crippen MR) is 49.3 cm³/mol. The van der Waals surface area contributed by atoms with Crippen molar-refractivity contribution in [2.75, 3.05) is 18.9 Å². The van der Waals surface area contributed by atoms with Crippen molar-refractivity contribution in [1.29, 1.82) is 0 Å². The molecule has 0 radical (unpaired) electrons. The van der Waals surface area contributed by atoms with Crippen molar-refractivity contribution >= 4 is 21.8 Å². The minimum Gasteiger partial charge on any atom is -0.340 e. The Kier molecular flexibility index (Phi) is 3.28. The van der Waals surface area contributed by atoms with Crippen molar-refractivity contribution in [3.05, 3.63) is 18.0 Å². The molecule has 0 bridgehead atoms. The van der Waals surface area contributed by atoms with Crippen molar-refractivity contribution < 1.29 is 4.79 Å². The molecule has 1 heterocycles. The Morgan fingerprint density at radius 3 is 3.08 bits per heavy atom. The quantitative estimate of drug-likeness (QED) is 0.786. The van der Waals surface area contributed by atoms with Crippen LogP contribution in [0.4, 0.5) is 0 Å². The zero-order valence-corrected chi connectivity index (χ0v) is 8.34. The lowest BCUT2D eigenvalue weighted by molar-refractivity contribution is 0.0798. The molecule has 1 rings (SSSR count). The molecule has 1 amide bonds. The highest BCUT2D eigenvalue weighted by Gasteiger charge is 2.10. The van der Waals surface area contributed by atoms with Gasteiger partial charge in [-0.25, -0.2) is 0 Å². The van der Waals surface area contributed by atoms with Crippen LogP contribution in [0.2, 0.25) is 0 Å². The molecule has 0 spiro atoms. The van der Waals surface area contributed by atoms with E-state index in [0.717, 1.165) is 5.33 Å². The number of aromatic amines is 1. The maximum Gasteiger partial charge on any atom is 0.271 e. The zero-order chi connectivity index (χ0) is 8.97. The molecule has 0 aliphatic rings. The summed E-state index contributed by atoms with van der Waals surface area (Å²) >= 11 is 3.26. The van der Waals surface area contributed by atoms with Crippen LogP contribution < -0.4 is 0 Å². The molecule has 0 unspecified atom stereocenters. The number of hydrogen-bond donors (Lipinski definition) is 1. The van der Waals surface area contributed by atoms with Gasteiger partial charge < -0.3 is 4.90 Å². The number of halogens is 1. The first kappa shape index (κ1) is 9.25. The van der Waals surface area contributed by atoms with E-state index in [4.69, 9.17) is 0 Å². The number of rotatable bonds is 3. The lowest BCUT2D eigenvalue weighted by Crippen LogP contribution is -2.28.